The van der Waals surface area contributed by atoms with E-state index in [9.17, 15) is 0 Å². The molecule has 1 heterocycles. The lowest BCUT2D eigenvalue weighted by atomic mass is 9.97. The van der Waals surface area contributed by atoms with Crippen molar-refractivity contribution in [1.29, 1.82) is 0 Å². The van der Waals surface area contributed by atoms with Crippen LogP contribution < -0.4 is 0 Å². The van der Waals surface area contributed by atoms with E-state index in [1.54, 1.807) is 0 Å². The molecule has 0 saturated carbocycles. The van der Waals surface area contributed by atoms with E-state index >= 15 is 0 Å². The summed E-state index contributed by atoms with van der Waals surface area (Å²) in [6, 6.07) is 5.58. The lowest BCUT2D eigenvalue weighted by Crippen LogP contribution is -2.05. The second-order valence-corrected chi connectivity index (χ2v) is 4.52. The van der Waals surface area contributed by atoms with Gasteiger partial charge in [-0.1, -0.05) is 29.3 Å². The molecule has 0 spiro atoms. The van der Waals surface area contributed by atoms with Gasteiger partial charge in [0.05, 0.1) is 6.61 Å². The minimum atomic E-state index is 0.253. The van der Waals surface area contributed by atoms with Gasteiger partial charge in [-0.25, -0.2) is 0 Å². The Morgan fingerprint density at radius 1 is 1.38 bits per heavy atom. The fourth-order valence-corrected chi connectivity index (χ4v) is 2.62. The van der Waals surface area contributed by atoms with Crippen LogP contribution in [0.3, 0.4) is 0 Å². The van der Waals surface area contributed by atoms with E-state index in [0.29, 0.717) is 23.2 Å². The highest BCUT2D eigenvalue weighted by Gasteiger charge is 2.25. The minimum absolute atomic E-state index is 0.253. The number of benzene rings is 1. The van der Waals surface area contributed by atoms with Crippen LogP contribution in [-0.4, -0.2) is 19.0 Å². The fraction of sp³-hybridized carbons (Fsp3) is 0.417. The normalized spacial score (nSPS) is 19.7. The van der Waals surface area contributed by atoms with E-state index < -0.39 is 0 Å². The molecule has 0 N–H and O–H groups in total. The molecular formula is C12H13Cl2NO. The molecule has 1 aromatic carbocycles. The van der Waals surface area contributed by atoms with Crippen molar-refractivity contribution in [3.05, 3.63) is 33.8 Å². The quantitative estimate of drug-likeness (QED) is 0.787. The van der Waals surface area contributed by atoms with Crippen LogP contribution in [-0.2, 0) is 4.74 Å². The van der Waals surface area contributed by atoms with E-state index in [1.807, 2.05) is 25.1 Å². The third kappa shape index (κ3) is 2.33. The highest BCUT2D eigenvalue weighted by Crippen LogP contribution is 2.36. The molecule has 0 aromatic heterocycles. The molecule has 1 aromatic rings. The van der Waals surface area contributed by atoms with E-state index in [1.165, 1.54) is 0 Å². The van der Waals surface area contributed by atoms with Crippen LogP contribution in [0.5, 0.6) is 0 Å². The first-order valence-corrected chi connectivity index (χ1v) is 6.08. The molecule has 0 fully saturated rings. The summed E-state index contributed by atoms with van der Waals surface area (Å²) in [4.78, 5) is 4.34. The molecule has 1 aliphatic heterocycles. The maximum absolute atomic E-state index is 6.16. The summed E-state index contributed by atoms with van der Waals surface area (Å²) in [5.74, 6) is 1.06. The van der Waals surface area contributed by atoms with Crippen molar-refractivity contribution in [2.45, 2.75) is 19.3 Å². The van der Waals surface area contributed by atoms with Crippen LogP contribution in [0.2, 0.25) is 10.0 Å². The number of hydrogen-bond donors (Lipinski definition) is 0. The molecule has 0 aliphatic carbocycles. The maximum atomic E-state index is 6.16. The SMILES string of the molecule is CCOC1=NCC(c2c(Cl)cccc2Cl)C1. The van der Waals surface area contributed by atoms with Crippen LogP contribution in [0.1, 0.15) is 24.8 Å². The van der Waals surface area contributed by atoms with Gasteiger partial charge in [0.25, 0.3) is 0 Å². The molecule has 2 nitrogen and oxygen atoms in total. The van der Waals surface area contributed by atoms with Gasteiger partial charge >= 0.3 is 0 Å². The zero-order valence-corrected chi connectivity index (χ0v) is 10.6. The first-order valence-electron chi connectivity index (χ1n) is 5.32. The summed E-state index contributed by atoms with van der Waals surface area (Å²) in [6.07, 6.45) is 0.789. The number of halogens is 2. The molecule has 0 saturated heterocycles. The van der Waals surface area contributed by atoms with Crippen molar-refractivity contribution in [2.75, 3.05) is 13.2 Å². The van der Waals surface area contributed by atoms with Crippen molar-refractivity contribution in [3.8, 4) is 0 Å². The van der Waals surface area contributed by atoms with Crippen molar-refractivity contribution in [2.24, 2.45) is 4.99 Å². The maximum Gasteiger partial charge on any atom is 0.183 e. The molecule has 86 valence electrons. The van der Waals surface area contributed by atoms with Gasteiger partial charge in [-0.2, -0.15) is 0 Å². The Morgan fingerprint density at radius 3 is 2.69 bits per heavy atom. The molecular weight excluding hydrogens is 245 g/mol. The number of nitrogens with zero attached hydrogens (tertiary/aromatic N) is 1. The fourth-order valence-electron chi connectivity index (χ4n) is 1.92. The summed E-state index contributed by atoms with van der Waals surface area (Å²) in [5, 5.41) is 1.43. The minimum Gasteiger partial charge on any atom is -0.481 e. The molecule has 1 atom stereocenters. The average molecular weight is 258 g/mol. The molecule has 2 rings (SSSR count). The molecule has 1 aliphatic rings. The highest BCUT2D eigenvalue weighted by molar-refractivity contribution is 6.36. The van der Waals surface area contributed by atoms with Crippen LogP contribution in [0, 0.1) is 0 Å². The molecule has 1 unspecified atom stereocenters. The Morgan fingerprint density at radius 2 is 2.06 bits per heavy atom. The molecule has 0 bridgehead atoms. The van der Waals surface area contributed by atoms with Crippen LogP contribution >= 0.6 is 23.2 Å². The summed E-state index contributed by atoms with van der Waals surface area (Å²) in [5.41, 5.74) is 0.990. The molecule has 16 heavy (non-hydrogen) atoms. The van der Waals surface area contributed by atoms with Crippen molar-refractivity contribution in [1.82, 2.24) is 0 Å². The lowest BCUT2D eigenvalue weighted by molar-refractivity contribution is 0.320. The van der Waals surface area contributed by atoms with Gasteiger partial charge in [-0.15, -0.1) is 0 Å². The van der Waals surface area contributed by atoms with E-state index in [4.69, 9.17) is 27.9 Å². The Hall–Kier alpha value is -0.730. The van der Waals surface area contributed by atoms with Crippen LogP contribution in [0.15, 0.2) is 23.2 Å². The van der Waals surface area contributed by atoms with Gasteiger partial charge in [0.1, 0.15) is 0 Å². The summed E-state index contributed by atoms with van der Waals surface area (Å²) in [7, 11) is 0. The zero-order valence-electron chi connectivity index (χ0n) is 9.04. The van der Waals surface area contributed by atoms with Gasteiger partial charge in [0, 0.05) is 28.9 Å². The van der Waals surface area contributed by atoms with Crippen LogP contribution in [0.25, 0.3) is 0 Å². The van der Waals surface area contributed by atoms with Gasteiger partial charge in [0.2, 0.25) is 0 Å². The van der Waals surface area contributed by atoms with Gasteiger partial charge < -0.3 is 4.74 Å². The summed E-state index contributed by atoms with van der Waals surface area (Å²) in [6.45, 7) is 3.32. The van der Waals surface area contributed by atoms with Crippen LogP contribution in [0.4, 0.5) is 0 Å². The third-order valence-electron chi connectivity index (χ3n) is 2.63. The first-order chi connectivity index (χ1) is 7.72. The highest BCUT2D eigenvalue weighted by atomic mass is 35.5. The van der Waals surface area contributed by atoms with E-state index in [0.717, 1.165) is 17.9 Å². The second-order valence-electron chi connectivity index (χ2n) is 3.70. The predicted molar refractivity (Wildman–Crippen MR) is 67.7 cm³/mol. The lowest BCUT2D eigenvalue weighted by Gasteiger charge is -2.13. The topological polar surface area (TPSA) is 21.6 Å². The molecule has 4 heteroatoms. The summed E-state index contributed by atoms with van der Waals surface area (Å²) < 4.78 is 5.40. The van der Waals surface area contributed by atoms with Crippen molar-refractivity contribution in [3.63, 3.8) is 0 Å². The number of aliphatic imine (C=N–C) groups is 1. The van der Waals surface area contributed by atoms with E-state index in [-0.39, 0.29) is 5.92 Å². The van der Waals surface area contributed by atoms with Gasteiger partial charge in [-0.3, -0.25) is 4.99 Å². The Bertz CT molecular complexity index is 397. The average Bonchev–Trinajstić information content (AvgIpc) is 2.67. The predicted octanol–water partition coefficient (Wildman–Crippen LogP) is 3.92. The summed E-state index contributed by atoms with van der Waals surface area (Å²) >= 11 is 12.3. The van der Waals surface area contributed by atoms with Crippen molar-refractivity contribution >= 4 is 29.1 Å². The standard InChI is InChI=1S/C12H13Cl2NO/c1-2-16-11-6-8(7-15-11)12-9(13)4-3-5-10(12)14/h3-5,8H,2,6-7H2,1H3. The zero-order chi connectivity index (χ0) is 11.5. The smallest absolute Gasteiger partial charge is 0.183 e. The number of ether oxygens (including phenoxy) is 1. The molecule has 0 amide bonds. The number of hydrogen-bond acceptors (Lipinski definition) is 2. The Kier molecular flexibility index (Phi) is 3.72. The third-order valence-corrected chi connectivity index (χ3v) is 3.29. The van der Waals surface area contributed by atoms with Gasteiger partial charge in [-0.05, 0) is 24.6 Å². The molecule has 0 radical (unpaired) electrons. The number of rotatable bonds is 2. The Balaban J connectivity index is 2.16. The van der Waals surface area contributed by atoms with Crippen molar-refractivity contribution < 1.29 is 4.74 Å². The van der Waals surface area contributed by atoms with Gasteiger partial charge in [0.15, 0.2) is 5.90 Å². The largest absolute Gasteiger partial charge is 0.481 e. The Labute approximate surface area is 105 Å². The monoisotopic (exact) mass is 257 g/mol. The first kappa shape index (κ1) is 11.7. The second kappa shape index (κ2) is 5.07. The van der Waals surface area contributed by atoms with E-state index in [2.05, 4.69) is 4.99 Å².